The minimum Gasteiger partial charge on any atom is -0.462 e. The zero-order valence-corrected chi connectivity index (χ0v) is 13.7. The van der Waals surface area contributed by atoms with Crippen LogP contribution >= 0.6 is 0 Å². The van der Waals surface area contributed by atoms with Crippen LogP contribution in [0.2, 0.25) is 0 Å². The van der Waals surface area contributed by atoms with Gasteiger partial charge in [-0.25, -0.2) is 4.79 Å². The predicted molar refractivity (Wildman–Crippen MR) is 81.1 cm³/mol. The fourth-order valence-corrected chi connectivity index (χ4v) is 2.66. The Balaban J connectivity index is 2.96. The lowest BCUT2D eigenvalue weighted by Gasteiger charge is -2.33. The summed E-state index contributed by atoms with van der Waals surface area (Å²) in [5.41, 5.74) is 1.24. The van der Waals surface area contributed by atoms with E-state index in [0.717, 1.165) is 12.1 Å². The first kappa shape index (κ1) is 16.5. The third kappa shape index (κ3) is 4.54. The van der Waals surface area contributed by atoms with Gasteiger partial charge in [0, 0.05) is 11.2 Å². The van der Waals surface area contributed by atoms with E-state index in [2.05, 4.69) is 50.1 Å². The zero-order chi connectivity index (χ0) is 15.6. The molecular weight excluding hydrogens is 254 g/mol. The van der Waals surface area contributed by atoms with E-state index in [1.807, 2.05) is 6.92 Å². The summed E-state index contributed by atoms with van der Waals surface area (Å²) in [4.78, 5) is 12.0. The number of ether oxygens (including phenoxy) is 1. The van der Waals surface area contributed by atoms with Crippen LogP contribution in [0.4, 0.5) is 5.82 Å². The van der Waals surface area contributed by atoms with Gasteiger partial charge in [-0.1, -0.05) is 20.8 Å². The molecule has 0 saturated carbocycles. The summed E-state index contributed by atoms with van der Waals surface area (Å²) in [6.07, 6.45) is 0.953. The molecule has 0 spiro atoms. The van der Waals surface area contributed by atoms with Crippen molar-refractivity contribution in [1.82, 2.24) is 10.2 Å². The molecule has 1 rings (SSSR count). The Morgan fingerprint density at radius 2 is 1.90 bits per heavy atom. The molecule has 20 heavy (non-hydrogen) atoms. The highest BCUT2D eigenvalue weighted by Gasteiger charge is 2.29. The van der Waals surface area contributed by atoms with Crippen LogP contribution in [0.15, 0.2) is 0 Å². The van der Waals surface area contributed by atoms with E-state index >= 15 is 0 Å². The van der Waals surface area contributed by atoms with Gasteiger partial charge in [-0.05, 0) is 39.5 Å². The van der Waals surface area contributed by atoms with Crippen LogP contribution in [-0.4, -0.2) is 28.3 Å². The number of hydrogen-bond donors (Lipinski definition) is 2. The molecule has 0 aliphatic heterocycles. The molecule has 0 bridgehead atoms. The maximum absolute atomic E-state index is 12.0. The average molecular weight is 281 g/mol. The fourth-order valence-electron chi connectivity index (χ4n) is 2.66. The molecule has 114 valence electrons. The molecule has 0 amide bonds. The van der Waals surface area contributed by atoms with Gasteiger partial charge in [0.15, 0.2) is 5.82 Å². The first-order chi connectivity index (χ1) is 9.06. The lowest BCUT2D eigenvalue weighted by molar-refractivity contribution is 0.0526. The van der Waals surface area contributed by atoms with Crippen LogP contribution in [0.3, 0.4) is 0 Å². The zero-order valence-electron chi connectivity index (χ0n) is 13.7. The van der Waals surface area contributed by atoms with Crippen LogP contribution in [-0.2, 0) is 4.74 Å². The Morgan fingerprint density at radius 1 is 1.30 bits per heavy atom. The highest BCUT2D eigenvalue weighted by molar-refractivity contribution is 5.96. The molecule has 0 aliphatic rings. The second-order valence-corrected chi connectivity index (χ2v) is 7.04. The van der Waals surface area contributed by atoms with Gasteiger partial charge in [-0.2, -0.15) is 5.10 Å². The van der Waals surface area contributed by atoms with Crippen molar-refractivity contribution in [1.29, 1.82) is 0 Å². The van der Waals surface area contributed by atoms with Crippen LogP contribution in [0.5, 0.6) is 0 Å². The van der Waals surface area contributed by atoms with Gasteiger partial charge in [0.05, 0.1) is 6.61 Å². The molecule has 0 unspecified atom stereocenters. The number of aryl methyl sites for hydroxylation is 1. The van der Waals surface area contributed by atoms with E-state index in [1.54, 1.807) is 6.92 Å². The van der Waals surface area contributed by atoms with Crippen molar-refractivity contribution >= 4 is 11.8 Å². The van der Waals surface area contributed by atoms with Gasteiger partial charge in [-0.3, -0.25) is 5.10 Å². The van der Waals surface area contributed by atoms with E-state index in [-0.39, 0.29) is 16.9 Å². The number of rotatable bonds is 5. The van der Waals surface area contributed by atoms with E-state index in [0.29, 0.717) is 18.0 Å². The topological polar surface area (TPSA) is 67.0 Å². The van der Waals surface area contributed by atoms with Crippen LogP contribution in [0.25, 0.3) is 0 Å². The molecule has 0 aliphatic carbocycles. The van der Waals surface area contributed by atoms with Crippen molar-refractivity contribution in [2.24, 2.45) is 5.41 Å². The molecule has 5 nitrogen and oxygen atoms in total. The molecule has 1 heterocycles. The van der Waals surface area contributed by atoms with Gasteiger partial charge < -0.3 is 10.1 Å². The number of carbonyl (C=O) groups excluding carboxylic acids is 1. The van der Waals surface area contributed by atoms with Gasteiger partial charge in [-0.15, -0.1) is 0 Å². The molecule has 2 N–H and O–H groups in total. The monoisotopic (exact) mass is 281 g/mol. The van der Waals surface area contributed by atoms with Gasteiger partial charge in [0.1, 0.15) is 5.56 Å². The molecule has 5 heteroatoms. The molecule has 0 saturated heterocycles. The molecule has 1 aromatic rings. The van der Waals surface area contributed by atoms with Crippen molar-refractivity contribution in [3.8, 4) is 0 Å². The molecule has 0 atom stereocenters. The van der Waals surface area contributed by atoms with E-state index in [9.17, 15) is 4.79 Å². The van der Waals surface area contributed by atoms with Crippen molar-refractivity contribution in [2.75, 3.05) is 11.9 Å². The first-order valence-electron chi connectivity index (χ1n) is 7.06. The highest BCUT2D eigenvalue weighted by atomic mass is 16.5. The Morgan fingerprint density at radius 3 is 2.40 bits per heavy atom. The lowest BCUT2D eigenvalue weighted by atomic mass is 9.82. The van der Waals surface area contributed by atoms with Crippen LogP contribution < -0.4 is 5.32 Å². The standard InChI is InChI=1S/C15H27N3O2/c1-8-20-13(19)11-10(2)17-18-12(11)16-15(6,7)9-14(3,4)5/h8-9H2,1-7H3,(H2,16,17,18). The molecule has 1 aromatic heterocycles. The highest BCUT2D eigenvalue weighted by Crippen LogP contribution is 2.30. The molecule has 0 aromatic carbocycles. The first-order valence-corrected chi connectivity index (χ1v) is 7.06. The third-order valence-corrected chi connectivity index (χ3v) is 2.86. The van der Waals surface area contributed by atoms with Gasteiger partial charge in [0.25, 0.3) is 0 Å². The number of aromatic nitrogens is 2. The number of nitrogens with zero attached hydrogens (tertiary/aromatic N) is 1. The SMILES string of the molecule is CCOC(=O)c1c(NC(C)(C)CC(C)(C)C)n[nH]c1C. The number of H-pyrrole nitrogens is 1. The predicted octanol–water partition coefficient (Wildman–Crippen LogP) is 3.52. The van der Waals surface area contributed by atoms with Crippen molar-refractivity contribution in [2.45, 2.75) is 60.4 Å². The summed E-state index contributed by atoms with van der Waals surface area (Å²) in [5, 5.41) is 10.4. The fraction of sp³-hybridized carbons (Fsp3) is 0.733. The normalized spacial score (nSPS) is 12.3. The molecule has 0 fully saturated rings. The van der Waals surface area contributed by atoms with Crippen LogP contribution in [0.1, 0.15) is 64.0 Å². The third-order valence-electron chi connectivity index (χ3n) is 2.86. The number of anilines is 1. The van der Waals surface area contributed by atoms with Crippen molar-refractivity contribution in [3.05, 3.63) is 11.3 Å². The average Bonchev–Trinajstić information content (AvgIpc) is 2.55. The second kappa shape index (κ2) is 5.85. The maximum atomic E-state index is 12.0. The van der Waals surface area contributed by atoms with Crippen molar-refractivity contribution < 1.29 is 9.53 Å². The number of nitrogens with one attached hydrogen (secondary N) is 2. The summed E-state index contributed by atoms with van der Waals surface area (Å²) in [5.74, 6) is 0.225. The summed E-state index contributed by atoms with van der Waals surface area (Å²) in [6, 6.07) is 0. The second-order valence-electron chi connectivity index (χ2n) is 7.04. The minimum absolute atomic E-state index is 0.166. The number of aromatic amines is 1. The number of hydrogen-bond acceptors (Lipinski definition) is 4. The Labute approximate surface area is 121 Å². The Hall–Kier alpha value is -1.52. The Kier molecular flexibility index (Phi) is 4.84. The number of esters is 1. The summed E-state index contributed by atoms with van der Waals surface area (Å²) < 4.78 is 5.08. The van der Waals surface area contributed by atoms with E-state index in [4.69, 9.17) is 4.74 Å². The molecule has 0 radical (unpaired) electrons. The van der Waals surface area contributed by atoms with Gasteiger partial charge >= 0.3 is 5.97 Å². The van der Waals surface area contributed by atoms with E-state index < -0.39 is 0 Å². The van der Waals surface area contributed by atoms with Crippen LogP contribution in [0, 0.1) is 12.3 Å². The van der Waals surface area contributed by atoms with Crippen molar-refractivity contribution in [3.63, 3.8) is 0 Å². The largest absolute Gasteiger partial charge is 0.462 e. The quantitative estimate of drug-likeness (QED) is 0.810. The summed E-state index contributed by atoms with van der Waals surface area (Å²) in [6.45, 7) is 14.8. The Bertz CT molecular complexity index is 470. The van der Waals surface area contributed by atoms with E-state index in [1.165, 1.54) is 0 Å². The lowest BCUT2D eigenvalue weighted by Crippen LogP contribution is -2.36. The van der Waals surface area contributed by atoms with Gasteiger partial charge in [0.2, 0.25) is 0 Å². The molecular formula is C15H27N3O2. The summed E-state index contributed by atoms with van der Waals surface area (Å²) >= 11 is 0. The smallest absolute Gasteiger partial charge is 0.343 e. The minimum atomic E-state index is -0.340. The number of carbonyl (C=O) groups is 1. The maximum Gasteiger partial charge on any atom is 0.343 e. The summed E-state index contributed by atoms with van der Waals surface area (Å²) in [7, 11) is 0.